The van der Waals surface area contributed by atoms with Gasteiger partial charge in [-0.1, -0.05) is 13.0 Å². The Kier molecular flexibility index (Phi) is 6.59. The van der Waals surface area contributed by atoms with Crippen LogP contribution in [-0.2, 0) is 19.1 Å². The van der Waals surface area contributed by atoms with Gasteiger partial charge in [0.05, 0.1) is 17.8 Å². The van der Waals surface area contributed by atoms with E-state index in [9.17, 15) is 18.0 Å². The molecule has 0 radical (unpaired) electrons. The van der Waals surface area contributed by atoms with Gasteiger partial charge in [0.25, 0.3) is 5.91 Å². The second-order valence-electron chi connectivity index (χ2n) is 10.0. The lowest BCUT2D eigenvalue weighted by Gasteiger charge is -2.36. The molecule has 2 fully saturated rings. The van der Waals surface area contributed by atoms with Gasteiger partial charge in [-0.05, 0) is 56.2 Å². The molecule has 0 saturated carbocycles. The molecule has 3 aliphatic rings. The highest BCUT2D eigenvalue weighted by molar-refractivity contribution is 5.94. The van der Waals surface area contributed by atoms with Gasteiger partial charge in [0.2, 0.25) is 5.95 Å². The van der Waals surface area contributed by atoms with Crippen LogP contribution in [-0.4, -0.2) is 53.5 Å². The van der Waals surface area contributed by atoms with Gasteiger partial charge < -0.3 is 14.7 Å². The Morgan fingerprint density at radius 1 is 0.971 bits per heavy atom. The van der Waals surface area contributed by atoms with E-state index in [1.165, 1.54) is 18.6 Å². The van der Waals surface area contributed by atoms with E-state index in [1.54, 1.807) is 4.90 Å². The number of nitrogens with zero attached hydrogens (tertiary/aromatic N) is 5. The highest BCUT2D eigenvalue weighted by Crippen LogP contribution is 2.33. The maximum Gasteiger partial charge on any atom is 0.416 e. The number of amides is 1. The Balaban J connectivity index is 1.44. The summed E-state index contributed by atoms with van der Waals surface area (Å²) in [7, 11) is 0. The van der Waals surface area contributed by atoms with Crippen molar-refractivity contribution in [1.29, 1.82) is 0 Å². The van der Waals surface area contributed by atoms with Crippen LogP contribution in [0.5, 0.6) is 0 Å². The molecule has 0 aliphatic carbocycles. The number of fused-ring (bicyclic) bond motifs is 1. The number of piperidine rings is 2. The van der Waals surface area contributed by atoms with Crippen LogP contribution in [0, 0.1) is 5.92 Å². The second kappa shape index (κ2) is 9.66. The Morgan fingerprint density at radius 3 is 2.43 bits per heavy atom. The first-order valence-electron chi connectivity index (χ1n) is 12.7. The second-order valence-corrected chi connectivity index (χ2v) is 10.0. The first-order valence-corrected chi connectivity index (χ1v) is 12.7. The smallest absolute Gasteiger partial charge is 0.356 e. The molecule has 0 bridgehead atoms. The third-order valence-corrected chi connectivity index (χ3v) is 7.47. The summed E-state index contributed by atoms with van der Waals surface area (Å²) in [6, 6.07) is 4.69. The third kappa shape index (κ3) is 5.09. The van der Waals surface area contributed by atoms with Crippen molar-refractivity contribution < 1.29 is 18.0 Å². The maximum absolute atomic E-state index is 13.2. The number of hydrogen-bond acceptors (Lipinski definition) is 5. The maximum atomic E-state index is 13.2. The first kappa shape index (κ1) is 23.9. The predicted octanol–water partition coefficient (Wildman–Crippen LogP) is 4.92. The fraction of sp³-hybridized carbons (Fsp3) is 0.577. The lowest BCUT2D eigenvalue weighted by molar-refractivity contribution is -0.137. The zero-order chi connectivity index (χ0) is 24.6. The van der Waals surface area contributed by atoms with Crippen molar-refractivity contribution in [2.45, 2.75) is 58.2 Å². The molecule has 5 rings (SSSR count). The molecule has 0 spiro atoms. The fourth-order valence-electron chi connectivity index (χ4n) is 5.29. The van der Waals surface area contributed by atoms with Gasteiger partial charge in [0, 0.05) is 50.3 Å². The minimum atomic E-state index is -4.48. The number of alkyl halides is 3. The lowest BCUT2D eigenvalue weighted by atomic mass is 9.99. The van der Waals surface area contributed by atoms with Gasteiger partial charge >= 0.3 is 6.18 Å². The summed E-state index contributed by atoms with van der Waals surface area (Å²) in [6.07, 6.45) is 1.73. The molecule has 4 heterocycles. The molecule has 2 aromatic rings. The Bertz CT molecular complexity index is 1080. The number of aromatic nitrogens is 2. The van der Waals surface area contributed by atoms with E-state index in [2.05, 4.69) is 16.7 Å². The normalized spacial score (nSPS) is 19.6. The molecule has 0 N–H and O–H groups in total. The molecule has 1 aromatic heterocycles. The number of carbonyl (C=O) groups is 1. The highest BCUT2D eigenvalue weighted by Gasteiger charge is 2.33. The molecule has 35 heavy (non-hydrogen) atoms. The fourth-order valence-corrected chi connectivity index (χ4v) is 5.29. The van der Waals surface area contributed by atoms with Gasteiger partial charge in [-0.25, -0.2) is 4.98 Å². The van der Waals surface area contributed by atoms with Gasteiger partial charge in [0.1, 0.15) is 5.82 Å². The van der Waals surface area contributed by atoms with Gasteiger partial charge in [0.15, 0.2) is 0 Å². The van der Waals surface area contributed by atoms with E-state index in [4.69, 9.17) is 9.97 Å². The number of benzene rings is 1. The van der Waals surface area contributed by atoms with E-state index < -0.39 is 11.7 Å². The molecule has 1 amide bonds. The van der Waals surface area contributed by atoms with Crippen molar-refractivity contribution in [3.63, 3.8) is 0 Å². The summed E-state index contributed by atoms with van der Waals surface area (Å²) in [5.74, 6) is 1.99. The van der Waals surface area contributed by atoms with Crippen LogP contribution in [0.1, 0.15) is 66.2 Å². The van der Waals surface area contributed by atoms with Crippen LogP contribution in [0.4, 0.5) is 24.9 Å². The van der Waals surface area contributed by atoms with Crippen molar-refractivity contribution in [3.05, 3.63) is 46.6 Å². The zero-order valence-corrected chi connectivity index (χ0v) is 20.2. The van der Waals surface area contributed by atoms with Gasteiger partial charge in [-0.2, -0.15) is 18.2 Å². The predicted molar refractivity (Wildman–Crippen MR) is 129 cm³/mol. The number of carbonyl (C=O) groups excluding carboxylic acids is 1. The van der Waals surface area contributed by atoms with E-state index in [0.717, 1.165) is 87.0 Å². The van der Waals surface area contributed by atoms with Crippen molar-refractivity contribution in [2.24, 2.45) is 5.92 Å². The molecule has 3 aliphatic heterocycles. The van der Waals surface area contributed by atoms with E-state index in [-0.39, 0.29) is 11.5 Å². The molecule has 9 heteroatoms. The molecule has 0 atom stereocenters. The zero-order valence-electron chi connectivity index (χ0n) is 20.2. The van der Waals surface area contributed by atoms with Crippen LogP contribution >= 0.6 is 0 Å². The summed E-state index contributed by atoms with van der Waals surface area (Å²) in [6.45, 7) is 6.74. The summed E-state index contributed by atoms with van der Waals surface area (Å²) >= 11 is 0. The van der Waals surface area contributed by atoms with Crippen LogP contribution < -0.4 is 9.80 Å². The Labute approximate surface area is 204 Å². The summed E-state index contributed by atoms with van der Waals surface area (Å²) in [5, 5.41) is 0. The lowest BCUT2D eigenvalue weighted by Crippen LogP contribution is -2.40. The minimum absolute atomic E-state index is 0.0581. The SMILES string of the molecule is CC1CCN(c2nc3c(c(N4CCCCC4)n2)CN(C(=O)c2cccc(C(F)(F)F)c2)CC3)CC1. The summed E-state index contributed by atoms with van der Waals surface area (Å²) in [4.78, 5) is 29.4. The molecule has 1 aromatic carbocycles. The molecule has 0 unspecified atom stereocenters. The third-order valence-electron chi connectivity index (χ3n) is 7.47. The van der Waals surface area contributed by atoms with E-state index in [1.807, 2.05) is 0 Å². The molecular formula is C26H32F3N5O. The standard InChI is InChI=1S/C26H32F3N5O/c1-18-8-13-33(14-9-18)25-30-22-10-15-34(17-21(22)23(31-25)32-11-3-2-4-12-32)24(35)19-6-5-7-20(16-19)26(27,28)29/h5-7,16,18H,2-4,8-15,17H2,1H3. The first-order chi connectivity index (χ1) is 16.8. The highest BCUT2D eigenvalue weighted by atomic mass is 19.4. The number of halogens is 3. The van der Waals surface area contributed by atoms with Gasteiger partial charge in [-0.3, -0.25) is 4.79 Å². The molecule has 2 saturated heterocycles. The van der Waals surface area contributed by atoms with Crippen molar-refractivity contribution in [3.8, 4) is 0 Å². The van der Waals surface area contributed by atoms with Crippen LogP contribution in [0.2, 0.25) is 0 Å². The van der Waals surface area contributed by atoms with Crippen LogP contribution in [0.25, 0.3) is 0 Å². The molecule has 188 valence electrons. The monoisotopic (exact) mass is 487 g/mol. The largest absolute Gasteiger partial charge is 0.416 e. The van der Waals surface area contributed by atoms with Crippen molar-refractivity contribution >= 4 is 17.7 Å². The minimum Gasteiger partial charge on any atom is -0.356 e. The number of rotatable bonds is 3. The average Bonchev–Trinajstić information content (AvgIpc) is 2.88. The van der Waals surface area contributed by atoms with E-state index in [0.29, 0.717) is 25.4 Å². The Morgan fingerprint density at radius 2 is 1.71 bits per heavy atom. The molecule has 6 nitrogen and oxygen atoms in total. The van der Waals surface area contributed by atoms with Crippen molar-refractivity contribution in [1.82, 2.24) is 14.9 Å². The Hall–Kier alpha value is -2.84. The number of anilines is 2. The quantitative estimate of drug-likeness (QED) is 0.615. The summed E-state index contributed by atoms with van der Waals surface area (Å²) < 4.78 is 39.6. The van der Waals surface area contributed by atoms with Crippen molar-refractivity contribution in [2.75, 3.05) is 42.5 Å². The number of hydrogen-bond donors (Lipinski definition) is 0. The van der Waals surface area contributed by atoms with Crippen LogP contribution in [0.15, 0.2) is 24.3 Å². The average molecular weight is 488 g/mol. The van der Waals surface area contributed by atoms with Crippen LogP contribution in [0.3, 0.4) is 0 Å². The summed E-state index contributed by atoms with van der Waals surface area (Å²) in [5.41, 5.74) is 1.15. The molecular weight excluding hydrogens is 455 g/mol. The van der Waals surface area contributed by atoms with Gasteiger partial charge in [-0.15, -0.1) is 0 Å². The van der Waals surface area contributed by atoms with E-state index >= 15 is 0 Å². The topological polar surface area (TPSA) is 52.6 Å².